The molecule has 8 nitrogen and oxygen atoms in total. The molecule has 0 fully saturated rings. The zero-order valence-electron chi connectivity index (χ0n) is 15.1. The summed E-state index contributed by atoms with van der Waals surface area (Å²) in [7, 11) is 1.95. The molecule has 1 aromatic carbocycles. The third-order valence-electron chi connectivity index (χ3n) is 4.23. The Morgan fingerprint density at radius 3 is 2.92 bits per heavy atom. The predicted molar refractivity (Wildman–Crippen MR) is 96.1 cm³/mol. The fraction of sp³-hybridized carbons (Fsp3) is 0.389. The van der Waals surface area contributed by atoms with Crippen LogP contribution in [0.15, 0.2) is 22.7 Å². The van der Waals surface area contributed by atoms with Crippen molar-refractivity contribution >= 4 is 23.2 Å². The van der Waals surface area contributed by atoms with Crippen LogP contribution in [0.2, 0.25) is 0 Å². The molecule has 3 rings (SSSR count). The van der Waals surface area contributed by atoms with Gasteiger partial charge in [-0.15, -0.1) is 0 Å². The van der Waals surface area contributed by atoms with E-state index in [9.17, 15) is 9.59 Å². The van der Waals surface area contributed by atoms with Crippen molar-refractivity contribution in [2.75, 3.05) is 30.8 Å². The molecular formula is C18H22N4O4. The van der Waals surface area contributed by atoms with E-state index in [1.54, 1.807) is 18.2 Å². The Labute approximate surface area is 151 Å². The summed E-state index contributed by atoms with van der Waals surface area (Å²) in [6.45, 7) is 5.08. The second kappa shape index (κ2) is 7.57. The number of fused-ring (bicyclic) bond motifs is 1. The van der Waals surface area contributed by atoms with Crippen molar-refractivity contribution in [3.8, 4) is 5.75 Å². The lowest BCUT2D eigenvalue weighted by Crippen LogP contribution is -2.26. The fourth-order valence-corrected chi connectivity index (χ4v) is 2.75. The predicted octanol–water partition coefficient (Wildman–Crippen LogP) is 2.08. The Hall–Kier alpha value is -2.87. The van der Waals surface area contributed by atoms with Gasteiger partial charge in [0.15, 0.2) is 6.61 Å². The van der Waals surface area contributed by atoms with Gasteiger partial charge in [0, 0.05) is 30.8 Å². The Morgan fingerprint density at radius 2 is 2.19 bits per heavy atom. The van der Waals surface area contributed by atoms with E-state index in [1.165, 1.54) is 0 Å². The molecule has 0 unspecified atom stereocenters. The number of hydrogen-bond acceptors (Lipinski definition) is 6. The van der Waals surface area contributed by atoms with Gasteiger partial charge >= 0.3 is 0 Å². The highest BCUT2D eigenvalue weighted by atomic mass is 16.5. The van der Waals surface area contributed by atoms with Gasteiger partial charge < -0.3 is 24.8 Å². The van der Waals surface area contributed by atoms with E-state index in [-0.39, 0.29) is 18.4 Å². The van der Waals surface area contributed by atoms with Gasteiger partial charge in [-0.05, 0) is 39.1 Å². The molecule has 0 radical (unpaired) electrons. The summed E-state index contributed by atoms with van der Waals surface area (Å²) in [5.74, 6) is 1.10. The molecule has 26 heavy (non-hydrogen) atoms. The first kappa shape index (κ1) is 17.9. The van der Waals surface area contributed by atoms with Gasteiger partial charge in [-0.2, -0.15) is 0 Å². The molecular weight excluding hydrogens is 336 g/mol. The Kier molecular flexibility index (Phi) is 5.22. The van der Waals surface area contributed by atoms with Gasteiger partial charge in [0.25, 0.3) is 5.91 Å². The number of nitrogens with one attached hydrogen (secondary N) is 2. The summed E-state index contributed by atoms with van der Waals surface area (Å²) in [5.41, 5.74) is 3.11. The van der Waals surface area contributed by atoms with Crippen LogP contribution in [-0.2, 0) is 16.1 Å². The standard InChI is InChI=1S/C18H22N4O4/c1-11-14(12(2)26-21-11)9-22(3)7-6-17(23)19-13-4-5-16-15(8-13)20-18(24)10-25-16/h4-5,8H,6-7,9-10H2,1-3H3,(H,19,23)(H,20,24). The average Bonchev–Trinajstić information content (AvgIpc) is 2.91. The molecule has 1 aromatic heterocycles. The molecule has 2 heterocycles. The first-order valence-corrected chi connectivity index (χ1v) is 8.39. The SMILES string of the molecule is Cc1noc(C)c1CN(C)CCC(=O)Nc1ccc2c(c1)NC(=O)CO2. The zero-order chi connectivity index (χ0) is 18.7. The van der Waals surface area contributed by atoms with Crippen molar-refractivity contribution in [1.29, 1.82) is 0 Å². The number of hydrogen-bond donors (Lipinski definition) is 2. The number of anilines is 2. The average molecular weight is 358 g/mol. The van der Waals surface area contributed by atoms with Crippen molar-refractivity contribution in [3.05, 3.63) is 35.2 Å². The van der Waals surface area contributed by atoms with Crippen LogP contribution in [0.5, 0.6) is 5.75 Å². The van der Waals surface area contributed by atoms with E-state index in [0.29, 0.717) is 36.6 Å². The molecule has 138 valence electrons. The molecule has 8 heteroatoms. The van der Waals surface area contributed by atoms with Gasteiger partial charge in [-0.25, -0.2) is 0 Å². The fourth-order valence-electron chi connectivity index (χ4n) is 2.75. The first-order chi connectivity index (χ1) is 12.4. The van der Waals surface area contributed by atoms with E-state index in [1.807, 2.05) is 25.8 Å². The molecule has 1 aliphatic rings. The number of rotatable bonds is 6. The molecule has 2 amide bonds. The van der Waals surface area contributed by atoms with Crippen LogP contribution in [-0.4, -0.2) is 42.1 Å². The zero-order valence-corrected chi connectivity index (χ0v) is 15.1. The summed E-state index contributed by atoms with van der Waals surface area (Å²) >= 11 is 0. The summed E-state index contributed by atoms with van der Waals surface area (Å²) in [6.07, 6.45) is 0.347. The van der Waals surface area contributed by atoms with Crippen molar-refractivity contribution < 1.29 is 18.8 Å². The molecule has 2 N–H and O–H groups in total. The van der Waals surface area contributed by atoms with Crippen LogP contribution < -0.4 is 15.4 Å². The minimum Gasteiger partial charge on any atom is -0.482 e. The van der Waals surface area contributed by atoms with Gasteiger partial charge in [0.05, 0.1) is 11.4 Å². The number of aromatic nitrogens is 1. The highest BCUT2D eigenvalue weighted by Gasteiger charge is 2.17. The lowest BCUT2D eigenvalue weighted by molar-refractivity contribution is -0.118. The molecule has 0 bridgehead atoms. The number of benzene rings is 1. The summed E-state index contributed by atoms with van der Waals surface area (Å²) in [6, 6.07) is 5.17. The Morgan fingerprint density at radius 1 is 1.38 bits per heavy atom. The van der Waals surface area contributed by atoms with E-state index < -0.39 is 0 Å². The minimum atomic E-state index is -0.207. The topological polar surface area (TPSA) is 96.7 Å². The van der Waals surface area contributed by atoms with Gasteiger partial charge in [-0.1, -0.05) is 5.16 Å². The van der Waals surface area contributed by atoms with Gasteiger partial charge in [-0.3, -0.25) is 9.59 Å². The molecule has 0 aliphatic carbocycles. The van der Waals surface area contributed by atoms with Crippen LogP contribution in [0.25, 0.3) is 0 Å². The Balaban J connectivity index is 1.51. The quantitative estimate of drug-likeness (QED) is 0.821. The molecule has 0 saturated carbocycles. The molecule has 1 aliphatic heterocycles. The van der Waals surface area contributed by atoms with E-state index in [0.717, 1.165) is 17.0 Å². The van der Waals surface area contributed by atoms with Crippen molar-refractivity contribution in [2.45, 2.75) is 26.8 Å². The highest BCUT2D eigenvalue weighted by Crippen LogP contribution is 2.30. The molecule has 0 atom stereocenters. The summed E-state index contributed by atoms with van der Waals surface area (Å²) in [4.78, 5) is 25.6. The number of carbonyl (C=O) groups excluding carboxylic acids is 2. The molecule has 0 spiro atoms. The second-order valence-corrected chi connectivity index (χ2v) is 6.39. The molecule has 0 saturated heterocycles. The van der Waals surface area contributed by atoms with Crippen molar-refractivity contribution in [2.24, 2.45) is 0 Å². The van der Waals surface area contributed by atoms with Gasteiger partial charge in [0.2, 0.25) is 5.91 Å². The smallest absolute Gasteiger partial charge is 0.262 e. The number of ether oxygens (including phenoxy) is 1. The Bertz CT molecular complexity index is 811. The highest BCUT2D eigenvalue weighted by molar-refractivity contribution is 5.97. The lowest BCUT2D eigenvalue weighted by atomic mass is 10.2. The number of nitrogens with zero attached hydrogens (tertiary/aromatic N) is 2. The van der Waals surface area contributed by atoms with E-state index in [2.05, 4.69) is 15.8 Å². The number of aryl methyl sites for hydroxylation is 2. The van der Waals surface area contributed by atoms with Gasteiger partial charge in [0.1, 0.15) is 11.5 Å². The van der Waals surface area contributed by atoms with Crippen LogP contribution in [0.4, 0.5) is 11.4 Å². The van der Waals surface area contributed by atoms with E-state index in [4.69, 9.17) is 9.26 Å². The summed E-state index contributed by atoms with van der Waals surface area (Å²) < 4.78 is 10.5. The van der Waals surface area contributed by atoms with E-state index >= 15 is 0 Å². The van der Waals surface area contributed by atoms with Crippen molar-refractivity contribution in [3.63, 3.8) is 0 Å². The lowest BCUT2D eigenvalue weighted by Gasteiger charge is -2.19. The summed E-state index contributed by atoms with van der Waals surface area (Å²) in [5, 5.41) is 9.50. The normalized spacial score (nSPS) is 13.2. The van der Waals surface area contributed by atoms with Crippen LogP contribution >= 0.6 is 0 Å². The third-order valence-corrected chi connectivity index (χ3v) is 4.23. The van der Waals surface area contributed by atoms with Crippen LogP contribution in [0, 0.1) is 13.8 Å². The first-order valence-electron chi connectivity index (χ1n) is 8.39. The van der Waals surface area contributed by atoms with Crippen molar-refractivity contribution in [1.82, 2.24) is 10.1 Å². The number of amides is 2. The number of carbonyl (C=O) groups is 2. The monoisotopic (exact) mass is 358 g/mol. The maximum atomic E-state index is 12.2. The maximum absolute atomic E-state index is 12.2. The largest absolute Gasteiger partial charge is 0.482 e. The molecule has 2 aromatic rings. The third kappa shape index (κ3) is 4.20. The maximum Gasteiger partial charge on any atom is 0.262 e. The second-order valence-electron chi connectivity index (χ2n) is 6.39. The minimum absolute atomic E-state index is 0.0101. The van der Waals surface area contributed by atoms with Crippen LogP contribution in [0.3, 0.4) is 0 Å². The van der Waals surface area contributed by atoms with Crippen LogP contribution in [0.1, 0.15) is 23.4 Å².